The van der Waals surface area contributed by atoms with Gasteiger partial charge in [0, 0.05) is 5.69 Å². The average Bonchev–Trinajstić information content (AvgIpc) is 2.30. The van der Waals surface area contributed by atoms with Gasteiger partial charge < -0.3 is 16.4 Å². The van der Waals surface area contributed by atoms with E-state index < -0.39 is 23.8 Å². The highest BCUT2D eigenvalue weighted by Gasteiger charge is 2.23. The van der Waals surface area contributed by atoms with Gasteiger partial charge in [0.1, 0.15) is 11.9 Å². The highest BCUT2D eigenvalue weighted by molar-refractivity contribution is 5.97. The van der Waals surface area contributed by atoms with Crippen LogP contribution in [0.4, 0.5) is 14.9 Å². The zero-order valence-electron chi connectivity index (χ0n) is 11.2. The van der Waals surface area contributed by atoms with Crippen LogP contribution in [0.3, 0.4) is 0 Å². The van der Waals surface area contributed by atoms with Crippen molar-refractivity contribution in [1.29, 1.82) is 0 Å². The summed E-state index contributed by atoms with van der Waals surface area (Å²) in [5, 5.41) is 4.91. The summed E-state index contributed by atoms with van der Waals surface area (Å²) in [5.41, 5.74) is 5.85. The zero-order chi connectivity index (χ0) is 14.6. The Labute approximate surface area is 111 Å². The second kappa shape index (κ2) is 6.17. The van der Waals surface area contributed by atoms with E-state index in [0.717, 1.165) is 0 Å². The SMILES string of the molecule is Cc1ccc(NC(=O)[C@H](NC(N)=O)C(C)C)cc1F. The summed E-state index contributed by atoms with van der Waals surface area (Å²) in [5.74, 6) is -0.971. The van der Waals surface area contributed by atoms with E-state index in [1.54, 1.807) is 32.9 Å². The Morgan fingerprint density at radius 2 is 1.95 bits per heavy atom. The molecule has 0 aliphatic carbocycles. The summed E-state index contributed by atoms with van der Waals surface area (Å²) in [7, 11) is 0. The van der Waals surface area contributed by atoms with Crippen molar-refractivity contribution >= 4 is 17.6 Å². The summed E-state index contributed by atoms with van der Waals surface area (Å²) in [6.45, 7) is 5.18. The average molecular weight is 267 g/mol. The van der Waals surface area contributed by atoms with Crippen LogP contribution in [-0.4, -0.2) is 18.0 Å². The maximum atomic E-state index is 13.4. The Morgan fingerprint density at radius 3 is 2.42 bits per heavy atom. The van der Waals surface area contributed by atoms with Crippen LogP contribution in [0, 0.1) is 18.7 Å². The number of carbonyl (C=O) groups excluding carboxylic acids is 2. The highest BCUT2D eigenvalue weighted by atomic mass is 19.1. The molecular weight excluding hydrogens is 249 g/mol. The van der Waals surface area contributed by atoms with Gasteiger partial charge in [-0.1, -0.05) is 19.9 Å². The lowest BCUT2D eigenvalue weighted by Gasteiger charge is -2.20. The van der Waals surface area contributed by atoms with Gasteiger partial charge in [-0.3, -0.25) is 4.79 Å². The predicted molar refractivity (Wildman–Crippen MR) is 71.1 cm³/mol. The summed E-state index contributed by atoms with van der Waals surface area (Å²) < 4.78 is 13.4. The number of halogens is 1. The van der Waals surface area contributed by atoms with Gasteiger partial charge in [0.25, 0.3) is 0 Å². The Morgan fingerprint density at radius 1 is 1.32 bits per heavy atom. The van der Waals surface area contributed by atoms with Crippen LogP contribution in [0.5, 0.6) is 0 Å². The van der Waals surface area contributed by atoms with Gasteiger partial charge in [-0.15, -0.1) is 0 Å². The molecule has 0 aliphatic heterocycles. The minimum absolute atomic E-state index is 0.136. The van der Waals surface area contributed by atoms with E-state index in [4.69, 9.17) is 5.73 Å². The number of amides is 3. The molecule has 1 aromatic rings. The number of hydrogen-bond acceptors (Lipinski definition) is 2. The van der Waals surface area contributed by atoms with Crippen molar-refractivity contribution in [1.82, 2.24) is 5.32 Å². The fourth-order valence-corrected chi connectivity index (χ4v) is 1.58. The molecule has 1 rings (SSSR count). The number of urea groups is 1. The van der Waals surface area contributed by atoms with Crippen molar-refractivity contribution in [2.45, 2.75) is 26.8 Å². The molecule has 104 valence electrons. The van der Waals surface area contributed by atoms with Crippen LogP contribution in [0.2, 0.25) is 0 Å². The van der Waals surface area contributed by atoms with E-state index in [9.17, 15) is 14.0 Å². The van der Waals surface area contributed by atoms with Gasteiger partial charge in [0.15, 0.2) is 0 Å². The first kappa shape index (κ1) is 14.9. The van der Waals surface area contributed by atoms with E-state index in [0.29, 0.717) is 11.3 Å². The molecule has 0 saturated carbocycles. The lowest BCUT2D eigenvalue weighted by molar-refractivity contribution is -0.118. The van der Waals surface area contributed by atoms with E-state index in [1.807, 2.05) is 0 Å². The Kier molecular flexibility index (Phi) is 4.86. The van der Waals surface area contributed by atoms with Gasteiger partial charge in [0.2, 0.25) is 5.91 Å². The molecular formula is C13H18FN3O2. The maximum absolute atomic E-state index is 13.4. The third-order valence-corrected chi connectivity index (χ3v) is 2.69. The largest absolute Gasteiger partial charge is 0.352 e. The van der Waals surface area contributed by atoms with E-state index >= 15 is 0 Å². The fourth-order valence-electron chi connectivity index (χ4n) is 1.58. The van der Waals surface area contributed by atoms with Gasteiger partial charge in [-0.25, -0.2) is 9.18 Å². The third kappa shape index (κ3) is 4.24. The third-order valence-electron chi connectivity index (χ3n) is 2.69. The number of nitrogens with two attached hydrogens (primary N) is 1. The molecule has 0 radical (unpaired) electrons. The smallest absolute Gasteiger partial charge is 0.312 e. The van der Waals surface area contributed by atoms with Crippen molar-refractivity contribution in [3.8, 4) is 0 Å². The Hall–Kier alpha value is -2.11. The second-order valence-corrected chi connectivity index (χ2v) is 4.68. The van der Waals surface area contributed by atoms with Crippen molar-refractivity contribution < 1.29 is 14.0 Å². The molecule has 3 amide bonds. The molecule has 1 aromatic carbocycles. The number of rotatable bonds is 4. The zero-order valence-corrected chi connectivity index (χ0v) is 11.2. The van der Waals surface area contributed by atoms with E-state index in [1.165, 1.54) is 6.07 Å². The lowest BCUT2D eigenvalue weighted by atomic mass is 10.0. The van der Waals surface area contributed by atoms with Gasteiger partial charge in [-0.2, -0.15) is 0 Å². The summed E-state index contributed by atoms with van der Waals surface area (Å²) in [6, 6.07) is 2.86. The first-order valence-electron chi connectivity index (χ1n) is 5.94. The molecule has 0 saturated heterocycles. The van der Waals surface area contributed by atoms with E-state index in [-0.39, 0.29) is 5.92 Å². The molecule has 0 spiro atoms. The van der Waals surface area contributed by atoms with Crippen LogP contribution < -0.4 is 16.4 Å². The molecule has 4 N–H and O–H groups in total. The van der Waals surface area contributed by atoms with Crippen LogP contribution in [0.1, 0.15) is 19.4 Å². The van der Waals surface area contributed by atoms with Crippen LogP contribution in [-0.2, 0) is 4.79 Å². The van der Waals surface area contributed by atoms with Crippen molar-refractivity contribution in [2.75, 3.05) is 5.32 Å². The molecule has 0 bridgehead atoms. The highest BCUT2D eigenvalue weighted by Crippen LogP contribution is 2.14. The molecule has 1 atom stereocenters. The minimum Gasteiger partial charge on any atom is -0.352 e. The molecule has 5 nitrogen and oxygen atoms in total. The standard InChI is InChI=1S/C13H18FN3O2/c1-7(2)11(17-13(15)19)12(18)16-9-5-4-8(3)10(14)6-9/h4-7,11H,1-3H3,(H,16,18)(H3,15,17,19)/t11-/m1/s1. The second-order valence-electron chi connectivity index (χ2n) is 4.68. The normalized spacial score (nSPS) is 12.1. The summed E-state index contributed by atoms with van der Waals surface area (Å²) in [6.07, 6.45) is 0. The van der Waals surface area contributed by atoms with Crippen LogP contribution >= 0.6 is 0 Å². The summed E-state index contributed by atoms with van der Waals surface area (Å²) >= 11 is 0. The number of anilines is 1. The number of nitrogens with one attached hydrogen (secondary N) is 2. The first-order valence-corrected chi connectivity index (χ1v) is 5.94. The van der Waals surface area contributed by atoms with Gasteiger partial charge >= 0.3 is 6.03 Å². The molecule has 0 aromatic heterocycles. The van der Waals surface area contributed by atoms with E-state index in [2.05, 4.69) is 10.6 Å². The van der Waals surface area contributed by atoms with Gasteiger partial charge in [-0.05, 0) is 30.5 Å². The molecule has 0 unspecified atom stereocenters. The number of aryl methyl sites for hydroxylation is 1. The lowest BCUT2D eigenvalue weighted by Crippen LogP contribution is -2.49. The number of carbonyl (C=O) groups is 2. The first-order chi connectivity index (χ1) is 8.81. The number of primary amides is 1. The van der Waals surface area contributed by atoms with Crippen LogP contribution in [0.15, 0.2) is 18.2 Å². The Balaban J connectivity index is 2.81. The van der Waals surface area contributed by atoms with Gasteiger partial charge in [0.05, 0.1) is 0 Å². The molecule has 0 fully saturated rings. The fraction of sp³-hybridized carbons (Fsp3) is 0.385. The molecule has 19 heavy (non-hydrogen) atoms. The quantitative estimate of drug-likeness (QED) is 0.776. The van der Waals surface area contributed by atoms with Crippen molar-refractivity contribution in [3.63, 3.8) is 0 Å². The predicted octanol–water partition coefficient (Wildman–Crippen LogP) is 1.77. The number of hydrogen-bond donors (Lipinski definition) is 3. The monoisotopic (exact) mass is 267 g/mol. The molecule has 0 heterocycles. The Bertz CT molecular complexity index is 489. The van der Waals surface area contributed by atoms with Crippen molar-refractivity contribution in [2.24, 2.45) is 11.7 Å². The maximum Gasteiger partial charge on any atom is 0.312 e. The van der Waals surface area contributed by atoms with Crippen LogP contribution in [0.25, 0.3) is 0 Å². The summed E-state index contributed by atoms with van der Waals surface area (Å²) in [4.78, 5) is 22.8. The topological polar surface area (TPSA) is 84.2 Å². The molecule has 0 aliphatic rings. The minimum atomic E-state index is -0.774. The van der Waals surface area contributed by atoms with Crippen molar-refractivity contribution in [3.05, 3.63) is 29.6 Å². The number of benzene rings is 1. The molecule has 6 heteroatoms.